The number of rotatable bonds is 6. The Labute approximate surface area is 321 Å². The average molecular weight is 749 g/mol. The highest BCUT2D eigenvalue weighted by Gasteiger charge is 2.64. The summed E-state index contributed by atoms with van der Waals surface area (Å²) in [7, 11) is 6.60. The van der Waals surface area contributed by atoms with E-state index in [0.717, 1.165) is 75.0 Å². The predicted octanol–water partition coefficient (Wildman–Crippen LogP) is 5.03. The molecule has 290 valence electrons. The molecule has 0 spiro atoms. The lowest BCUT2D eigenvalue weighted by atomic mass is 9.56. The first-order chi connectivity index (χ1) is 26.6. The van der Waals surface area contributed by atoms with Crippen LogP contribution >= 0.6 is 0 Å². The molecule has 4 aromatic rings. The number of likely N-dealkylation sites (tertiary alicyclic amines) is 1. The van der Waals surface area contributed by atoms with Gasteiger partial charge in [-0.05, 0) is 88.2 Å². The highest BCUT2D eigenvalue weighted by atomic mass is 16.5. The number of piperidine rings is 3. The van der Waals surface area contributed by atoms with Crippen molar-refractivity contribution in [3.8, 4) is 5.75 Å². The minimum absolute atomic E-state index is 0.115. The van der Waals surface area contributed by atoms with Crippen molar-refractivity contribution in [3.63, 3.8) is 0 Å². The van der Waals surface area contributed by atoms with Crippen LogP contribution in [0.25, 0.3) is 21.8 Å². The van der Waals surface area contributed by atoms with Crippen molar-refractivity contribution in [3.05, 3.63) is 76.1 Å². The van der Waals surface area contributed by atoms with Crippen LogP contribution in [-0.2, 0) is 42.1 Å². The van der Waals surface area contributed by atoms with Gasteiger partial charge in [-0.2, -0.15) is 0 Å². The Hall–Kier alpha value is -4.45. The number of hydrogen-bond donors (Lipinski definition) is 3. The standard InChI is InChI=1S/C44H52N4O7/c1-7-25-21-47(3)35-18-30-26-10-8-9-11-33(26)45-37(30)31(17-32(25)44(35,22-49)42(52)55-6)36-34(53-4)13-12-27-28-14-15-48-20-24-16-29(23(2)50)40(48)43(19-24,41(51)54-5)39(28)46-38(27)36/h7-13,24,29,31-32,35,40,45-46,49H,14-22H2,1-6H3/b25-7-/t24-,29-,31+,32+,35+,40+,43-,44?/m1/s1. The Morgan fingerprint density at radius 1 is 1.00 bits per heavy atom. The molecule has 3 N–H and O–H groups in total. The van der Waals surface area contributed by atoms with E-state index in [1.807, 2.05) is 32.2 Å². The zero-order valence-electron chi connectivity index (χ0n) is 32.7. The van der Waals surface area contributed by atoms with Gasteiger partial charge in [0, 0.05) is 82.7 Å². The molecular weight excluding hydrogens is 697 g/mol. The normalized spacial score (nSPS) is 33.4. The van der Waals surface area contributed by atoms with E-state index in [1.54, 1.807) is 14.0 Å². The van der Waals surface area contributed by atoms with Gasteiger partial charge in [0.25, 0.3) is 0 Å². The number of methoxy groups -OCH3 is 3. The number of aliphatic hydroxyl groups excluding tert-OH is 1. The maximum atomic E-state index is 14.4. The van der Waals surface area contributed by atoms with Gasteiger partial charge in [0.15, 0.2) is 0 Å². The molecule has 0 radical (unpaired) electrons. The molecule has 9 atom stereocenters. The van der Waals surface area contributed by atoms with E-state index in [4.69, 9.17) is 14.2 Å². The molecule has 2 aromatic carbocycles. The second-order valence-corrected chi connectivity index (χ2v) is 16.9. The molecule has 11 heteroatoms. The molecule has 6 aliphatic rings. The van der Waals surface area contributed by atoms with Gasteiger partial charge in [0.2, 0.25) is 0 Å². The number of Topliss-reactive ketones (excluding diaryl/α,β-unsaturated/α-hetero) is 1. The molecule has 11 nitrogen and oxygen atoms in total. The third-order valence-corrected chi connectivity index (χ3v) is 14.7. The van der Waals surface area contributed by atoms with Gasteiger partial charge in [-0.25, -0.2) is 0 Å². The third kappa shape index (κ3) is 4.81. The number of aromatic nitrogens is 2. The quantitative estimate of drug-likeness (QED) is 0.183. The van der Waals surface area contributed by atoms with Crippen molar-refractivity contribution in [2.24, 2.45) is 23.2 Å². The number of esters is 2. The number of H-pyrrole nitrogens is 2. The number of nitrogens with one attached hydrogen (secondary N) is 2. The van der Waals surface area contributed by atoms with Crippen LogP contribution in [0.1, 0.15) is 67.1 Å². The van der Waals surface area contributed by atoms with Crippen molar-refractivity contribution in [1.29, 1.82) is 0 Å². The maximum absolute atomic E-state index is 14.4. The largest absolute Gasteiger partial charge is 0.496 e. The van der Waals surface area contributed by atoms with Gasteiger partial charge in [-0.15, -0.1) is 0 Å². The van der Waals surface area contributed by atoms with Gasteiger partial charge in [0.1, 0.15) is 22.4 Å². The lowest BCUT2D eigenvalue weighted by molar-refractivity contribution is -0.169. The molecule has 0 amide bonds. The van der Waals surface area contributed by atoms with Crippen LogP contribution in [0.3, 0.4) is 0 Å². The number of carbonyl (C=O) groups excluding carboxylic acids is 3. The Bertz CT molecular complexity index is 2270. The van der Waals surface area contributed by atoms with E-state index in [9.17, 15) is 19.5 Å². The fourth-order valence-electron chi connectivity index (χ4n) is 12.5. The Morgan fingerprint density at radius 3 is 2.49 bits per heavy atom. The summed E-state index contributed by atoms with van der Waals surface area (Å²) in [5.74, 6) is -0.652. The first kappa shape index (κ1) is 36.2. The molecule has 1 saturated carbocycles. The highest BCUT2D eigenvalue weighted by molar-refractivity contribution is 5.96. The summed E-state index contributed by atoms with van der Waals surface area (Å²) in [4.78, 5) is 54.4. The number of fused-ring (bicyclic) bond motifs is 9. The summed E-state index contributed by atoms with van der Waals surface area (Å²) in [6.45, 7) is 5.58. The minimum atomic E-state index is -1.23. The number of ether oxygens (including phenoxy) is 3. The average Bonchev–Trinajstić information content (AvgIpc) is 3.73. The van der Waals surface area contributed by atoms with Gasteiger partial charge in [-0.3, -0.25) is 24.2 Å². The van der Waals surface area contributed by atoms with Crippen molar-refractivity contribution in [1.82, 2.24) is 19.8 Å². The highest BCUT2D eigenvalue weighted by Crippen LogP contribution is 2.58. The van der Waals surface area contributed by atoms with Crippen molar-refractivity contribution in [2.45, 2.75) is 69.4 Å². The summed E-state index contributed by atoms with van der Waals surface area (Å²) in [6, 6.07) is 11.8. The molecule has 2 aliphatic carbocycles. The molecule has 55 heavy (non-hydrogen) atoms. The molecule has 2 unspecified atom stereocenters. The number of aromatic amines is 2. The second-order valence-electron chi connectivity index (χ2n) is 16.9. The van der Waals surface area contributed by atoms with Crippen LogP contribution in [0.15, 0.2) is 48.0 Å². The zero-order valence-corrected chi connectivity index (χ0v) is 32.7. The first-order valence-corrected chi connectivity index (χ1v) is 19.8. The van der Waals surface area contributed by atoms with E-state index < -0.39 is 16.8 Å². The molecule has 10 rings (SSSR count). The summed E-state index contributed by atoms with van der Waals surface area (Å²) < 4.78 is 17.6. The topological polar surface area (TPSA) is 137 Å². The van der Waals surface area contributed by atoms with Gasteiger partial charge >= 0.3 is 11.9 Å². The van der Waals surface area contributed by atoms with Gasteiger partial charge < -0.3 is 29.3 Å². The molecule has 2 aromatic heterocycles. The van der Waals surface area contributed by atoms with Gasteiger partial charge in [0.05, 0.1) is 33.5 Å². The third-order valence-electron chi connectivity index (χ3n) is 14.7. The van der Waals surface area contributed by atoms with Crippen LogP contribution in [0.2, 0.25) is 0 Å². The SMILES string of the molecule is C/C=C1/CN(C)[C@H]2Cc3c([nH]c4ccccc34)[C@H](c3c(OC)ccc4c5c([nH]c34)[C@]3(C(=O)OC)C[C@H]4C[C@H](C(C)=O)[C@@H]3N(CC5)C4)C[C@@H]1C2(CO)C(=O)OC. The fourth-order valence-corrected chi connectivity index (χ4v) is 12.5. The molecule has 6 bridgehead atoms. The van der Waals surface area contributed by atoms with Crippen molar-refractivity contribution >= 4 is 39.5 Å². The molecular formula is C44H52N4O7. The summed E-state index contributed by atoms with van der Waals surface area (Å²) in [5.41, 5.74) is 5.72. The Morgan fingerprint density at radius 2 is 1.78 bits per heavy atom. The molecule has 4 aliphatic heterocycles. The second kappa shape index (κ2) is 13.1. The van der Waals surface area contributed by atoms with E-state index in [-0.39, 0.29) is 54.1 Å². The van der Waals surface area contributed by atoms with E-state index in [2.05, 4.69) is 44.0 Å². The number of likely N-dealkylation sites (N-methyl/N-ethyl adjacent to an activating group) is 1. The fraction of sp³-hybridized carbons (Fsp3) is 0.523. The first-order valence-electron chi connectivity index (χ1n) is 19.8. The molecule has 6 heterocycles. The molecule has 3 saturated heterocycles. The van der Waals surface area contributed by atoms with Crippen LogP contribution < -0.4 is 4.74 Å². The summed E-state index contributed by atoms with van der Waals surface area (Å²) >= 11 is 0. The zero-order chi connectivity index (χ0) is 38.6. The number of nitrogens with zero attached hydrogens (tertiary/aromatic N) is 2. The maximum Gasteiger partial charge on any atom is 0.319 e. The summed E-state index contributed by atoms with van der Waals surface area (Å²) in [6.07, 6.45) is 5.22. The van der Waals surface area contributed by atoms with Crippen molar-refractivity contribution in [2.75, 3.05) is 54.6 Å². The molecule has 4 fully saturated rings. The predicted molar refractivity (Wildman–Crippen MR) is 208 cm³/mol. The lowest BCUT2D eigenvalue weighted by Gasteiger charge is -2.57. The van der Waals surface area contributed by atoms with E-state index >= 15 is 0 Å². The van der Waals surface area contributed by atoms with Crippen LogP contribution in [0, 0.1) is 23.2 Å². The number of aliphatic hydroxyl groups is 1. The van der Waals surface area contributed by atoms with Crippen LogP contribution in [0.5, 0.6) is 5.75 Å². The number of benzene rings is 2. The number of para-hydroxylation sites is 1. The van der Waals surface area contributed by atoms with E-state index in [0.29, 0.717) is 38.0 Å². The van der Waals surface area contributed by atoms with Gasteiger partial charge in [-0.1, -0.05) is 29.8 Å². The number of allylic oxidation sites excluding steroid dienone is 1. The minimum Gasteiger partial charge on any atom is -0.496 e. The Kier molecular flexibility index (Phi) is 8.60. The van der Waals surface area contributed by atoms with E-state index in [1.165, 1.54) is 14.2 Å². The van der Waals surface area contributed by atoms with Crippen LogP contribution in [0.4, 0.5) is 0 Å². The monoisotopic (exact) mass is 748 g/mol. The number of ketones is 1. The smallest absolute Gasteiger partial charge is 0.319 e. The lowest BCUT2D eigenvalue weighted by Crippen LogP contribution is -2.68. The number of carbonyl (C=O) groups is 3. The number of hydrogen-bond acceptors (Lipinski definition) is 9. The Balaban J connectivity index is 1.34. The van der Waals surface area contributed by atoms with Crippen molar-refractivity contribution < 1.29 is 33.7 Å². The van der Waals surface area contributed by atoms with Crippen LogP contribution in [-0.4, -0.2) is 109 Å². The summed E-state index contributed by atoms with van der Waals surface area (Å²) in [5, 5.41) is 13.6.